The number of nitrogens with one attached hydrogen (secondary N) is 1. The summed E-state index contributed by atoms with van der Waals surface area (Å²) in [5.74, 6) is 0.817. The van der Waals surface area contributed by atoms with Gasteiger partial charge < -0.3 is 14.2 Å². The van der Waals surface area contributed by atoms with Crippen LogP contribution in [0.15, 0.2) is 25.2 Å². The summed E-state index contributed by atoms with van der Waals surface area (Å²) in [5.41, 5.74) is -0.302. The number of H-pyrrole nitrogens is 1. The Bertz CT molecular complexity index is 979. The molecule has 0 amide bonds. The summed E-state index contributed by atoms with van der Waals surface area (Å²) < 4.78 is 7.39. The molecule has 1 aliphatic heterocycles. The lowest BCUT2D eigenvalue weighted by Crippen LogP contribution is -2.45. The van der Waals surface area contributed by atoms with Crippen LogP contribution in [0.3, 0.4) is 0 Å². The molecule has 29 heavy (non-hydrogen) atoms. The summed E-state index contributed by atoms with van der Waals surface area (Å²) in [7, 11) is 0. The van der Waals surface area contributed by atoms with E-state index in [0.29, 0.717) is 17.4 Å². The molecule has 0 bridgehead atoms. The molecule has 0 spiro atoms. The van der Waals surface area contributed by atoms with E-state index in [0.717, 1.165) is 57.7 Å². The molecule has 2 aromatic rings. The fraction of sp³-hybridized carbons (Fsp3) is 0.579. The van der Waals surface area contributed by atoms with Crippen LogP contribution in [0.5, 0.6) is 6.01 Å². The zero-order valence-electron chi connectivity index (χ0n) is 16.7. The van der Waals surface area contributed by atoms with Crippen LogP contribution in [-0.4, -0.2) is 50.0 Å². The molecule has 1 fully saturated rings. The monoisotopic (exact) mass is 515 g/mol. The van der Waals surface area contributed by atoms with Gasteiger partial charge in [-0.2, -0.15) is 4.98 Å². The normalized spacial score (nSPS) is 15.8. The van der Waals surface area contributed by atoms with Gasteiger partial charge in [0.1, 0.15) is 11.2 Å². The summed E-state index contributed by atoms with van der Waals surface area (Å²) in [6.45, 7) is 7.74. The number of piperazine rings is 1. The quantitative estimate of drug-likeness (QED) is 0.199. The number of aryl methyl sites for hydroxylation is 1. The molecule has 2 aromatic heterocycles. The number of unbranched alkanes of at least 4 members (excludes halogenated alkanes) is 1. The van der Waals surface area contributed by atoms with E-state index in [4.69, 9.17) is 9.25 Å². The van der Waals surface area contributed by atoms with Crippen LogP contribution < -0.4 is 16.0 Å². The van der Waals surface area contributed by atoms with E-state index in [1.807, 2.05) is 6.92 Å². The van der Waals surface area contributed by atoms with Crippen LogP contribution in [-0.2, 0) is 6.42 Å². The molecule has 3 rings (SSSR count). The van der Waals surface area contributed by atoms with Crippen molar-refractivity contribution < 1.29 is 9.25 Å². The molecule has 10 heteroatoms. The highest BCUT2D eigenvalue weighted by Crippen LogP contribution is 2.16. The van der Waals surface area contributed by atoms with Crippen molar-refractivity contribution in [1.82, 2.24) is 18.0 Å². The van der Waals surface area contributed by atoms with Gasteiger partial charge in [-0.25, -0.2) is 7.91 Å². The molecule has 0 aromatic carbocycles. The molecule has 1 N–H and O–H groups in total. The second kappa shape index (κ2) is 10.2. The van der Waals surface area contributed by atoms with Crippen molar-refractivity contribution in [1.29, 1.82) is 0 Å². The van der Waals surface area contributed by atoms with E-state index >= 15 is 0 Å². The van der Waals surface area contributed by atoms with Crippen molar-refractivity contribution >= 4 is 39.8 Å². The highest BCUT2D eigenvalue weighted by molar-refractivity contribution is 14.1. The molecule has 0 unspecified atom stereocenters. The minimum absolute atomic E-state index is 0.0203. The lowest BCUT2D eigenvalue weighted by molar-refractivity contribution is 0.263. The molecule has 3 heterocycles. The van der Waals surface area contributed by atoms with Crippen LogP contribution in [0.25, 0.3) is 11.1 Å². The zero-order valence-corrected chi connectivity index (χ0v) is 18.9. The predicted octanol–water partition coefficient (Wildman–Crippen LogP) is 2.68. The maximum atomic E-state index is 12.6. The largest absolute Gasteiger partial charge is 0.403 e. The number of hydrogen-bond donors (Lipinski definition) is 1. The van der Waals surface area contributed by atoms with E-state index in [9.17, 15) is 9.59 Å². The van der Waals surface area contributed by atoms with Gasteiger partial charge in [-0.1, -0.05) is 25.4 Å². The first kappa shape index (κ1) is 21.8. The van der Waals surface area contributed by atoms with Gasteiger partial charge in [0.25, 0.3) is 5.56 Å². The molecule has 0 radical (unpaired) electrons. The predicted molar refractivity (Wildman–Crippen MR) is 120 cm³/mol. The molecular weight excluding hydrogens is 489 g/mol. The summed E-state index contributed by atoms with van der Waals surface area (Å²) in [6, 6.07) is 1.28. The highest BCUT2D eigenvalue weighted by Gasteiger charge is 2.19. The Balaban J connectivity index is 1.88. The Morgan fingerprint density at radius 3 is 2.72 bits per heavy atom. The van der Waals surface area contributed by atoms with Gasteiger partial charge in [-0.15, -0.1) is 0 Å². The first-order valence-electron chi connectivity index (χ1n) is 9.98. The van der Waals surface area contributed by atoms with Crippen molar-refractivity contribution in [3.05, 3.63) is 32.4 Å². The van der Waals surface area contributed by atoms with Gasteiger partial charge in [0, 0.05) is 61.5 Å². The Labute approximate surface area is 182 Å². The van der Waals surface area contributed by atoms with Gasteiger partial charge >= 0.3 is 11.6 Å². The molecule has 1 aliphatic rings. The van der Waals surface area contributed by atoms with Gasteiger partial charge in [-0.3, -0.25) is 9.78 Å². The number of fused-ring (bicyclic) bond motifs is 1. The molecule has 0 aliphatic carbocycles. The Morgan fingerprint density at radius 2 is 2.03 bits per heavy atom. The summed E-state index contributed by atoms with van der Waals surface area (Å²) >= 11 is 2.32. The van der Waals surface area contributed by atoms with Crippen LogP contribution in [0.4, 0.5) is 0 Å². The van der Waals surface area contributed by atoms with Crippen LogP contribution in [0.1, 0.15) is 45.1 Å². The number of aromatic amines is 1. The maximum Gasteiger partial charge on any atom is 0.337 e. The molecule has 9 nitrogen and oxygen atoms in total. The van der Waals surface area contributed by atoms with Crippen LogP contribution in [0, 0.1) is 0 Å². The van der Waals surface area contributed by atoms with Gasteiger partial charge in [0.15, 0.2) is 0 Å². The number of aromatic nitrogens is 2. The summed E-state index contributed by atoms with van der Waals surface area (Å²) in [5, 5.41) is 4.54. The topological polar surface area (TPSA) is 104 Å². The fourth-order valence-electron chi connectivity index (χ4n) is 3.26. The number of amidine groups is 1. The van der Waals surface area contributed by atoms with Crippen molar-refractivity contribution in [2.24, 2.45) is 5.16 Å². The molecule has 1 saturated heterocycles. The third-order valence-electron chi connectivity index (χ3n) is 4.78. The summed E-state index contributed by atoms with van der Waals surface area (Å²) in [6.07, 6.45) is 4.12. The third-order valence-corrected chi connectivity index (χ3v) is 5.74. The smallest absolute Gasteiger partial charge is 0.337 e. The average molecular weight is 515 g/mol. The molecule has 0 saturated carbocycles. The number of rotatable bonds is 7. The van der Waals surface area contributed by atoms with Gasteiger partial charge in [-0.05, 0) is 24.8 Å². The molecule has 158 valence electrons. The number of oxime groups is 1. The number of hydrogen-bond acceptors (Lipinski definition) is 7. The highest BCUT2D eigenvalue weighted by atomic mass is 127. The van der Waals surface area contributed by atoms with Crippen molar-refractivity contribution in [2.75, 3.05) is 26.2 Å². The Morgan fingerprint density at radius 1 is 1.28 bits per heavy atom. The van der Waals surface area contributed by atoms with Gasteiger partial charge in [0.2, 0.25) is 5.71 Å². The van der Waals surface area contributed by atoms with Crippen molar-refractivity contribution in [3.8, 4) is 6.01 Å². The Kier molecular flexibility index (Phi) is 7.64. The summed E-state index contributed by atoms with van der Waals surface area (Å²) in [4.78, 5) is 38.9. The minimum Gasteiger partial charge on any atom is -0.403 e. The lowest BCUT2D eigenvalue weighted by atomic mass is 10.1. The first-order chi connectivity index (χ1) is 14.0. The van der Waals surface area contributed by atoms with E-state index in [1.54, 1.807) is 0 Å². The van der Waals surface area contributed by atoms with Crippen LogP contribution >= 0.6 is 22.9 Å². The van der Waals surface area contributed by atoms with E-state index in [-0.39, 0.29) is 11.7 Å². The number of halogens is 1. The Hall–Kier alpha value is -1.95. The van der Waals surface area contributed by atoms with E-state index in [2.05, 4.69) is 52.9 Å². The second-order valence-electron chi connectivity index (χ2n) is 6.99. The standard InChI is InChI=1S/C19H26IN5O4/c1-3-5-7-13-12-15(26)28-18-16(13)17(27)21-19(22-18)29-23-14(6-4-2)24-8-10-25(20)11-9-24/h12H,3-11H2,1-2H3,(H,21,22,27)/b23-14+. The number of nitrogens with zero attached hydrogens (tertiary/aromatic N) is 4. The second-order valence-corrected chi connectivity index (χ2v) is 8.36. The van der Waals surface area contributed by atoms with E-state index in [1.165, 1.54) is 6.07 Å². The third kappa shape index (κ3) is 5.56. The van der Waals surface area contributed by atoms with E-state index < -0.39 is 11.2 Å². The minimum atomic E-state index is -0.528. The average Bonchev–Trinajstić information content (AvgIpc) is 2.69. The van der Waals surface area contributed by atoms with Crippen molar-refractivity contribution in [2.45, 2.75) is 46.0 Å². The molecular formula is C19H26IN5O4. The lowest BCUT2D eigenvalue weighted by Gasteiger charge is -2.33. The SMILES string of the molecule is CCCCc1cc(=O)oc2nc(O/N=C(\CCC)N3CCN(I)CC3)[nH]c(=O)c12. The zero-order chi connectivity index (χ0) is 20.8. The first-order valence-corrected chi connectivity index (χ1v) is 10.9. The maximum absolute atomic E-state index is 12.6. The molecule has 0 atom stereocenters. The van der Waals surface area contributed by atoms with Gasteiger partial charge in [0.05, 0.1) is 0 Å². The fourth-order valence-corrected chi connectivity index (χ4v) is 3.69. The van der Waals surface area contributed by atoms with Crippen molar-refractivity contribution in [3.63, 3.8) is 0 Å². The van der Waals surface area contributed by atoms with Crippen LogP contribution in [0.2, 0.25) is 0 Å².